The molecule has 1 saturated heterocycles. The van der Waals surface area contributed by atoms with Crippen molar-refractivity contribution in [2.75, 3.05) is 6.54 Å². The molecule has 6 heteroatoms. The number of fused-ring (bicyclic) bond motifs is 1. The number of aromatic nitrogens is 3. The van der Waals surface area contributed by atoms with E-state index in [9.17, 15) is 5.11 Å². The fourth-order valence-electron chi connectivity index (χ4n) is 3.97. The quantitative estimate of drug-likeness (QED) is 0.792. The Hall–Kier alpha value is -2.18. The van der Waals surface area contributed by atoms with Crippen LogP contribution in [0.1, 0.15) is 48.5 Å². The molecule has 1 N–H and O–H groups in total. The maximum absolute atomic E-state index is 10.2. The van der Waals surface area contributed by atoms with E-state index in [4.69, 9.17) is 4.52 Å². The summed E-state index contributed by atoms with van der Waals surface area (Å²) < 4.78 is 7.70. The van der Waals surface area contributed by atoms with Crippen LogP contribution in [-0.4, -0.2) is 37.4 Å². The van der Waals surface area contributed by atoms with Gasteiger partial charge in [0.05, 0.1) is 12.1 Å². The van der Waals surface area contributed by atoms with Crippen LogP contribution in [-0.2, 0) is 13.6 Å². The highest BCUT2D eigenvalue weighted by Crippen LogP contribution is 2.40. The summed E-state index contributed by atoms with van der Waals surface area (Å²) in [4.78, 5) is 6.87. The second-order valence-corrected chi connectivity index (χ2v) is 7.38. The number of rotatable bonds is 4. The van der Waals surface area contributed by atoms with Gasteiger partial charge in [0.15, 0.2) is 5.82 Å². The predicted octanol–water partition coefficient (Wildman–Crippen LogP) is 2.75. The first-order valence-corrected chi connectivity index (χ1v) is 8.97. The van der Waals surface area contributed by atoms with E-state index in [0.717, 1.165) is 25.2 Å². The summed E-state index contributed by atoms with van der Waals surface area (Å²) in [6.07, 6.45) is 4.79. The summed E-state index contributed by atoms with van der Waals surface area (Å²) in [6.45, 7) is 1.40. The number of para-hydroxylation sites is 1. The van der Waals surface area contributed by atoms with Crippen molar-refractivity contribution >= 4 is 10.9 Å². The maximum Gasteiger partial charge on any atom is 0.244 e. The van der Waals surface area contributed by atoms with E-state index in [2.05, 4.69) is 57.1 Å². The van der Waals surface area contributed by atoms with Crippen LogP contribution in [0.25, 0.3) is 10.9 Å². The SMILES string of the molecule is Cn1cc(CN2CC(O)CC2c2nc(C3CC3)no2)c2ccccc21. The molecular weight excluding hydrogens is 316 g/mol. The molecule has 2 atom stereocenters. The number of hydrogen-bond acceptors (Lipinski definition) is 5. The predicted molar refractivity (Wildman–Crippen MR) is 93.0 cm³/mol. The fourth-order valence-corrected chi connectivity index (χ4v) is 3.97. The van der Waals surface area contributed by atoms with Gasteiger partial charge in [-0.3, -0.25) is 4.90 Å². The number of benzene rings is 1. The Labute approximate surface area is 146 Å². The van der Waals surface area contributed by atoms with Gasteiger partial charge in [-0.1, -0.05) is 23.4 Å². The number of aliphatic hydroxyl groups is 1. The van der Waals surface area contributed by atoms with Crippen LogP contribution in [0.2, 0.25) is 0 Å². The first-order chi connectivity index (χ1) is 12.2. The lowest BCUT2D eigenvalue weighted by atomic mass is 10.1. The van der Waals surface area contributed by atoms with Crippen molar-refractivity contribution in [3.63, 3.8) is 0 Å². The minimum absolute atomic E-state index is 0.00558. The summed E-state index contributed by atoms with van der Waals surface area (Å²) in [5.74, 6) is 1.97. The van der Waals surface area contributed by atoms with E-state index in [-0.39, 0.29) is 12.1 Å². The van der Waals surface area contributed by atoms with Crippen molar-refractivity contribution < 1.29 is 9.63 Å². The normalized spacial score (nSPS) is 24.4. The molecule has 0 radical (unpaired) electrons. The van der Waals surface area contributed by atoms with Gasteiger partial charge < -0.3 is 14.2 Å². The molecule has 5 rings (SSSR count). The third kappa shape index (κ3) is 2.65. The van der Waals surface area contributed by atoms with E-state index in [1.165, 1.54) is 16.5 Å². The number of aliphatic hydroxyl groups excluding tert-OH is 1. The second kappa shape index (κ2) is 5.68. The Bertz CT molecular complexity index is 911. The minimum Gasteiger partial charge on any atom is -0.392 e. The third-order valence-electron chi connectivity index (χ3n) is 5.42. The molecule has 1 saturated carbocycles. The summed E-state index contributed by atoms with van der Waals surface area (Å²) in [6, 6.07) is 8.42. The number of nitrogens with zero attached hydrogens (tertiary/aromatic N) is 4. The Balaban J connectivity index is 1.44. The zero-order valence-electron chi connectivity index (χ0n) is 14.3. The van der Waals surface area contributed by atoms with E-state index in [1.54, 1.807) is 0 Å². The number of β-amino-alcohol motifs (C(OH)–C–C–N with tert-alkyl or cyclic N) is 1. The second-order valence-electron chi connectivity index (χ2n) is 7.38. The molecule has 6 nitrogen and oxygen atoms in total. The zero-order valence-corrected chi connectivity index (χ0v) is 14.3. The van der Waals surface area contributed by atoms with Crippen LogP contribution < -0.4 is 0 Å². The van der Waals surface area contributed by atoms with Gasteiger partial charge in [-0.05, 0) is 30.9 Å². The first-order valence-electron chi connectivity index (χ1n) is 8.97. The average molecular weight is 338 g/mol. The molecule has 0 amide bonds. The van der Waals surface area contributed by atoms with Crippen molar-refractivity contribution in [3.8, 4) is 0 Å². The third-order valence-corrected chi connectivity index (χ3v) is 5.42. The smallest absolute Gasteiger partial charge is 0.244 e. The largest absolute Gasteiger partial charge is 0.392 e. The molecule has 130 valence electrons. The van der Waals surface area contributed by atoms with Crippen molar-refractivity contribution in [1.82, 2.24) is 19.6 Å². The Kier molecular flexibility index (Phi) is 3.43. The van der Waals surface area contributed by atoms with Crippen LogP contribution in [0, 0.1) is 0 Å². The Morgan fingerprint density at radius 3 is 2.96 bits per heavy atom. The van der Waals surface area contributed by atoms with E-state index in [0.29, 0.717) is 24.8 Å². The van der Waals surface area contributed by atoms with Gasteiger partial charge in [0.2, 0.25) is 5.89 Å². The van der Waals surface area contributed by atoms with Crippen molar-refractivity contribution in [3.05, 3.63) is 47.7 Å². The summed E-state index contributed by atoms with van der Waals surface area (Å²) in [7, 11) is 2.07. The lowest BCUT2D eigenvalue weighted by Crippen LogP contribution is -2.24. The molecule has 0 spiro atoms. The Morgan fingerprint density at radius 1 is 1.28 bits per heavy atom. The molecule has 1 aromatic carbocycles. The minimum atomic E-state index is -0.351. The molecule has 1 aliphatic carbocycles. The highest BCUT2D eigenvalue weighted by atomic mass is 16.5. The van der Waals surface area contributed by atoms with E-state index >= 15 is 0 Å². The highest BCUT2D eigenvalue weighted by Gasteiger charge is 2.37. The van der Waals surface area contributed by atoms with Gasteiger partial charge in [0, 0.05) is 43.2 Å². The Morgan fingerprint density at radius 2 is 2.12 bits per heavy atom. The van der Waals surface area contributed by atoms with Crippen molar-refractivity contribution in [1.29, 1.82) is 0 Å². The van der Waals surface area contributed by atoms with Gasteiger partial charge in [-0.25, -0.2) is 0 Å². The molecule has 0 bridgehead atoms. The average Bonchev–Trinajstić information content (AvgIpc) is 3.10. The summed E-state index contributed by atoms with van der Waals surface area (Å²) >= 11 is 0. The topological polar surface area (TPSA) is 67.3 Å². The molecule has 3 heterocycles. The number of hydrogen-bond donors (Lipinski definition) is 1. The molecule has 25 heavy (non-hydrogen) atoms. The molecule has 3 aromatic rings. The van der Waals surface area contributed by atoms with Gasteiger partial charge >= 0.3 is 0 Å². The molecule has 1 aliphatic heterocycles. The standard InChI is InChI=1S/C19H22N4O2/c1-22-9-13(15-4-2-3-5-16(15)22)10-23-11-14(24)8-17(23)19-20-18(21-25-19)12-6-7-12/h2-5,9,12,14,17,24H,6-8,10-11H2,1H3. The first kappa shape index (κ1) is 15.1. The lowest BCUT2D eigenvalue weighted by molar-refractivity contribution is 0.169. The van der Waals surface area contributed by atoms with Crippen LogP contribution in [0.15, 0.2) is 35.0 Å². The van der Waals surface area contributed by atoms with Crippen LogP contribution >= 0.6 is 0 Å². The molecule has 2 aromatic heterocycles. The lowest BCUT2D eigenvalue weighted by Gasteiger charge is -2.20. The van der Waals surface area contributed by atoms with Crippen LogP contribution in [0.5, 0.6) is 0 Å². The van der Waals surface area contributed by atoms with Crippen molar-refractivity contribution in [2.24, 2.45) is 7.05 Å². The van der Waals surface area contributed by atoms with Gasteiger partial charge in [0.1, 0.15) is 0 Å². The summed E-state index contributed by atoms with van der Waals surface area (Å²) in [5, 5.41) is 15.6. The monoisotopic (exact) mass is 338 g/mol. The molecule has 2 unspecified atom stereocenters. The van der Waals surface area contributed by atoms with E-state index < -0.39 is 0 Å². The van der Waals surface area contributed by atoms with Crippen LogP contribution in [0.3, 0.4) is 0 Å². The summed E-state index contributed by atoms with van der Waals surface area (Å²) in [5.41, 5.74) is 2.49. The van der Waals surface area contributed by atoms with Crippen LogP contribution in [0.4, 0.5) is 0 Å². The van der Waals surface area contributed by atoms with Gasteiger partial charge in [-0.2, -0.15) is 4.98 Å². The van der Waals surface area contributed by atoms with Gasteiger partial charge in [0.25, 0.3) is 0 Å². The van der Waals surface area contributed by atoms with E-state index in [1.807, 2.05) is 0 Å². The highest BCUT2D eigenvalue weighted by molar-refractivity contribution is 5.83. The molecular formula is C19H22N4O2. The number of likely N-dealkylation sites (tertiary alicyclic amines) is 1. The maximum atomic E-state index is 10.2. The molecule has 2 fully saturated rings. The zero-order chi connectivity index (χ0) is 17.0. The van der Waals surface area contributed by atoms with Gasteiger partial charge in [-0.15, -0.1) is 0 Å². The number of aryl methyl sites for hydroxylation is 1. The fraction of sp³-hybridized carbons (Fsp3) is 0.474. The molecule has 2 aliphatic rings. The van der Waals surface area contributed by atoms with Crippen molar-refractivity contribution in [2.45, 2.75) is 43.9 Å².